The van der Waals surface area contributed by atoms with E-state index in [0.717, 1.165) is 11.1 Å². The second-order valence-electron chi connectivity index (χ2n) is 2.70. The fourth-order valence-corrected chi connectivity index (χ4v) is 3.39. The van der Waals surface area contributed by atoms with Crippen LogP contribution >= 0.6 is 20.1 Å². The molecule has 0 spiro atoms. The van der Waals surface area contributed by atoms with Crippen LogP contribution in [0.4, 0.5) is 0 Å². The van der Waals surface area contributed by atoms with Gasteiger partial charge in [-0.05, 0) is 0 Å². The Hall–Kier alpha value is 0.0700. The molecule has 0 atom stereocenters. The number of hydrogen-bond acceptors (Lipinski definition) is 4. The summed E-state index contributed by atoms with van der Waals surface area (Å²) < 4.78 is 18.9. The zero-order valence-electron chi connectivity index (χ0n) is 7.50. The second-order valence-corrected chi connectivity index (χ2v) is 8.44. The molecule has 0 aliphatic heterocycles. The fraction of sp³-hybridized carbons (Fsp3) is 0.125. The van der Waals surface area contributed by atoms with Crippen LogP contribution in [-0.4, -0.2) is 9.91 Å². The molecule has 0 bridgehead atoms. The van der Waals surface area contributed by atoms with Gasteiger partial charge >= 0.3 is 101 Å². The van der Waals surface area contributed by atoms with Crippen molar-refractivity contribution in [3.63, 3.8) is 0 Å². The monoisotopic (exact) mass is 418 g/mol. The summed E-state index contributed by atoms with van der Waals surface area (Å²) in [6, 6.07) is 5.99. The molecule has 2 rings (SSSR count). The van der Waals surface area contributed by atoms with E-state index in [1.54, 1.807) is 0 Å². The van der Waals surface area contributed by atoms with Gasteiger partial charge in [-0.2, -0.15) is 0 Å². The summed E-state index contributed by atoms with van der Waals surface area (Å²) in [5.41, 5.74) is 1.70. The van der Waals surface area contributed by atoms with Gasteiger partial charge in [0.1, 0.15) is 0 Å². The van der Waals surface area contributed by atoms with Gasteiger partial charge in [0.05, 0.1) is 0 Å². The third-order valence-electron chi connectivity index (χ3n) is 1.76. The first-order chi connectivity index (χ1) is 6.70. The molecule has 78 valence electrons. The Labute approximate surface area is 99.8 Å². The number of oxazole rings is 1. The maximum absolute atomic E-state index is 5.92. The second kappa shape index (κ2) is 4.29. The van der Waals surface area contributed by atoms with E-state index in [-0.39, 0.29) is 0 Å². The van der Waals surface area contributed by atoms with Crippen molar-refractivity contribution in [2.24, 2.45) is 7.89 Å². The summed E-state index contributed by atoms with van der Waals surface area (Å²) in [6.07, 6.45) is 0. The number of alkyl halides is 1. The Morgan fingerprint density at radius 1 is 1.50 bits per heavy atom. The number of nitrogens with zero attached hydrogens (tertiary/aromatic N) is 1. The summed E-state index contributed by atoms with van der Waals surface area (Å²) in [6.45, 7) is 0. The number of hydrogen-bond donors (Lipinski definition) is 2. The van der Waals surface area contributed by atoms with Gasteiger partial charge in [0, 0.05) is 0 Å². The van der Waals surface area contributed by atoms with Crippen LogP contribution in [0.25, 0.3) is 11.1 Å². The number of benzene rings is 1. The molecule has 0 amide bonds. The standard InChI is InChI=1S/C8H10I2N3O/c1-10(12)5-2-3-6-7(4-5)14-8(9-11)13-6/h2-4H,11-12H2,1H3/q-1. The Kier molecular flexibility index (Phi) is 3.24. The van der Waals surface area contributed by atoms with Crippen LogP contribution in [0.3, 0.4) is 0 Å². The number of aromatic nitrogens is 1. The Balaban J connectivity index is 2.54. The normalized spacial score (nSPS) is 12.4. The van der Waals surface area contributed by atoms with Crippen molar-refractivity contribution >= 4 is 31.2 Å². The fourth-order valence-electron chi connectivity index (χ4n) is 1.10. The third kappa shape index (κ3) is 2.02. The average molecular weight is 418 g/mol. The molecule has 0 aliphatic rings. The van der Waals surface area contributed by atoms with Crippen LogP contribution in [-0.2, 0) is 0 Å². The Bertz CT molecular complexity index is 455. The first-order valence-electron chi connectivity index (χ1n) is 3.79. The predicted octanol–water partition coefficient (Wildman–Crippen LogP) is -1.86. The first kappa shape index (κ1) is 10.6. The van der Waals surface area contributed by atoms with E-state index in [2.05, 4.69) is 9.91 Å². The molecule has 6 heteroatoms. The molecule has 4 nitrogen and oxygen atoms in total. The van der Waals surface area contributed by atoms with Gasteiger partial charge in [-0.1, -0.05) is 0 Å². The van der Waals surface area contributed by atoms with Crippen molar-refractivity contribution in [2.45, 2.75) is 0 Å². The van der Waals surface area contributed by atoms with Crippen LogP contribution in [0.2, 0.25) is 0 Å². The van der Waals surface area contributed by atoms with Crippen molar-refractivity contribution < 1.29 is 25.9 Å². The summed E-state index contributed by atoms with van der Waals surface area (Å²) in [5, 5.41) is 0. The number of halogens is 2. The molecular weight excluding hydrogens is 408 g/mol. The van der Waals surface area contributed by atoms with E-state index in [4.69, 9.17) is 12.3 Å². The molecule has 14 heavy (non-hydrogen) atoms. The van der Waals surface area contributed by atoms with Gasteiger partial charge < -0.3 is 0 Å². The van der Waals surface area contributed by atoms with Gasteiger partial charge in [-0.25, -0.2) is 0 Å². The van der Waals surface area contributed by atoms with Crippen LogP contribution < -0.4 is 29.4 Å². The van der Waals surface area contributed by atoms with Gasteiger partial charge in [0.25, 0.3) is 0 Å². The third-order valence-corrected chi connectivity index (χ3v) is 5.39. The number of nitrogens with two attached hydrogens (primary N) is 2. The van der Waals surface area contributed by atoms with E-state index in [1.807, 2.05) is 18.2 Å². The summed E-state index contributed by atoms with van der Waals surface area (Å²) in [5.74, 6) is 0. The molecule has 0 aliphatic carbocycles. The molecule has 0 saturated heterocycles. The summed E-state index contributed by atoms with van der Waals surface area (Å²) in [7, 11) is 0. The molecule has 0 fully saturated rings. The van der Waals surface area contributed by atoms with Gasteiger partial charge in [-0.15, -0.1) is 0 Å². The minimum atomic E-state index is -1.41. The first-order valence-corrected chi connectivity index (χ1v) is 10.6. The SMILES string of the molecule is CI(N)c1ccc2nc([I-]N)oc2c1. The van der Waals surface area contributed by atoms with Gasteiger partial charge in [0.15, 0.2) is 0 Å². The zero-order chi connectivity index (χ0) is 10.1. The van der Waals surface area contributed by atoms with Crippen LogP contribution in [0.1, 0.15) is 0 Å². The summed E-state index contributed by atoms with van der Waals surface area (Å²) in [4.78, 5) is 6.36. The van der Waals surface area contributed by atoms with Crippen molar-refractivity contribution in [3.05, 3.63) is 25.7 Å². The van der Waals surface area contributed by atoms with E-state index in [0.29, 0.717) is 3.90 Å². The van der Waals surface area contributed by atoms with Crippen LogP contribution in [0.15, 0.2) is 22.6 Å². The molecule has 0 saturated carbocycles. The number of fused-ring (bicyclic) bond motifs is 1. The van der Waals surface area contributed by atoms with Crippen molar-refractivity contribution in [2.75, 3.05) is 4.93 Å². The molecule has 1 aromatic heterocycles. The van der Waals surface area contributed by atoms with E-state index >= 15 is 0 Å². The zero-order valence-corrected chi connectivity index (χ0v) is 11.8. The minimum absolute atomic E-state index is 0.561. The molecule has 0 radical (unpaired) electrons. The molecule has 2 aromatic rings. The Morgan fingerprint density at radius 3 is 2.93 bits per heavy atom. The molecule has 0 unspecified atom stereocenters. The summed E-state index contributed by atoms with van der Waals surface area (Å²) >= 11 is -1.97. The van der Waals surface area contributed by atoms with Crippen LogP contribution in [0.5, 0.6) is 0 Å². The van der Waals surface area contributed by atoms with Crippen LogP contribution in [0, 0.1) is 7.47 Å². The molecule has 1 heterocycles. The van der Waals surface area contributed by atoms with E-state index < -0.39 is 41.6 Å². The topological polar surface area (TPSA) is 78.1 Å². The number of rotatable bonds is 2. The average Bonchev–Trinajstić information content (AvgIpc) is 2.58. The van der Waals surface area contributed by atoms with Crippen molar-refractivity contribution in [3.8, 4) is 0 Å². The molecular formula is C8H10I2N3O-. The predicted molar refractivity (Wildman–Crippen MR) is 59.7 cm³/mol. The van der Waals surface area contributed by atoms with E-state index in [9.17, 15) is 0 Å². The molecule has 1 aromatic carbocycles. The quantitative estimate of drug-likeness (QED) is 0.341. The Morgan fingerprint density at radius 2 is 2.29 bits per heavy atom. The van der Waals surface area contributed by atoms with E-state index in [1.165, 1.54) is 3.57 Å². The van der Waals surface area contributed by atoms with Gasteiger partial charge in [0.2, 0.25) is 0 Å². The van der Waals surface area contributed by atoms with Gasteiger partial charge in [-0.3, -0.25) is 0 Å². The maximum atomic E-state index is 5.92. The molecule has 4 N–H and O–H groups in total. The van der Waals surface area contributed by atoms with Crippen molar-refractivity contribution in [1.82, 2.24) is 4.98 Å². The van der Waals surface area contributed by atoms with Crippen molar-refractivity contribution in [1.29, 1.82) is 0 Å².